The van der Waals surface area contributed by atoms with Gasteiger partial charge in [0.25, 0.3) is 5.91 Å². The number of anilines is 1. The van der Waals surface area contributed by atoms with E-state index >= 15 is 0 Å². The zero-order valence-corrected chi connectivity index (χ0v) is 17.3. The van der Waals surface area contributed by atoms with E-state index in [9.17, 15) is 4.79 Å². The Hall–Kier alpha value is -3.15. The summed E-state index contributed by atoms with van der Waals surface area (Å²) in [5.41, 5.74) is 4.47. The highest BCUT2D eigenvalue weighted by Crippen LogP contribution is 2.26. The first-order valence-electron chi connectivity index (χ1n) is 10.8. The quantitative estimate of drug-likeness (QED) is 0.556. The van der Waals surface area contributed by atoms with Crippen molar-refractivity contribution in [3.8, 4) is 0 Å². The summed E-state index contributed by atoms with van der Waals surface area (Å²) >= 11 is 0. The first-order valence-corrected chi connectivity index (χ1v) is 10.8. The molecule has 0 saturated carbocycles. The van der Waals surface area contributed by atoms with Crippen LogP contribution in [0, 0.1) is 0 Å². The van der Waals surface area contributed by atoms with Gasteiger partial charge in [-0.25, -0.2) is 0 Å². The average molecular weight is 404 g/mol. The van der Waals surface area contributed by atoms with Crippen LogP contribution in [0.25, 0.3) is 0 Å². The van der Waals surface area contributed by atoms with Gasteiger partial charge >= 0.3 is 0 Å². The molecule has 2 heterocycles. The van der Waals surface area contributed by atoms with Gasteiger partial charge in [0.15, 0.2) is 5.69 Å². The van der Waals surface area contributed by atoms with Crippen LogP contribution < -0.4 is 10.2 Å². The van der Waals surface area contributed by atoms with Crippen LogP contribution in [-0.4, -0.2) is 40.5 Å². The number of amides is 1. The van der Waals surface area contributed by atoms with Gasteiger partial charge in [-0.1, -0.05) is 53.7 Å². The summed E-state index contributed by atoms with van der Waals surface area (Å²) in [6, 6.07) is 19.0. The standard InChI is InChI=1S/C24H29N5O/c30-24(22-19-29(27-26-22)18-6-11-20-9-2-1-3-10-20)25-15-8-17-28-16-7-13-21-12-4-5-14-23(21)28/h1-5,9-10,12,14,19H,6-8,11,13,15-18H2,(H,25,30). The van der Waals surface area contributed by atoms with Crippen molar-refractivity contribution >= 4 is 11.6 Å². The van der Waals surface area contributed by atoms with E-state index in [2.05, 4.69) is 69.1 Å². The zero-order valence-electron chi connectivity index (χ0n) is 17.3. The van der Waals surface area contributed by atoms with Crippen molar-refractivity contribution in [2.24, 2.45) is 0 Å². The molecule has 0 aliphatic carbocycles. The van der Waals surface area contributed by atoms with Gasteiger partial charge < -0.3 is 10.2 Å². The van der Waals surface area contributed by atoms with Crippen LogP contribution in [-0.2, 0) is 19.4 Å². The van der Waals surface area contributed by atoms with Gasteiger partial charge in [0.05, 0.1) is 6.20 Å². The van der Waals surface area contributed by atoms with Gasteiger partial charge in [-0.3, -0.25) is 9.48 Å². The summed E-state index contributed by atoms with van der Waals surface area (Å²) in [6.07, 6.45) is 6.95. The number of carbonyl (C=O) groups excluding carboxylic acids is 1. The van der Waals surface area contributed by atoms with Gasteiger partial charge in [-0.2, -0.15) is 0 Å². The summed E-state index contributed by atoms with van der Waals surface area (Å²) < 4.78 is 1.75. The molecule has 30 heavy (non-hydrogen) atoms. The molecule has 6 nitrogen and oxygen atoms in total. The van der Waals surface area contributed by atoms with Gasteiger partial charge in [-0.15, -0.1) is 5.10 Å². The highest BCUT2D eigenvalue weighted by atomic mass is 16.2. The lowest BCUT2D eigenvalue weighted by Crippen LogP contribution is -2.33. The molecule has 1 aliphatic rings. The fourth-order valence-corrected chi connectivity index (χ4v) is 4.01. The van der Waals surface area contributed by atoms with Crippen molar-refractivity contribution in [1.82, 2.24) is 20.3 Å². The summed E-state index contributed by atoms with van der Waals surface area (Å²) in [4.78, 5) is 14.8. The SMILES string of the molecule is O=C(NCCCN1CCCc2ccccc21)c1cn(CCCc2ccccc2)nn1. The number of aromatic nitrogens is 3. The summed E-state index contributed by atoms with van der Waals surface area (Å²) in [5, 5.41) is 11.1. The van der Waals surface area contributed by atoms with Crippen LogP contribution >= 0.6 is 0 Å². The number of carbonyl (C=O) groups is 1. The molecule has 2 aromatic carbocycles. The van der Waals surface area contributed by atoms with Gasteiger partial charge in [-0.05, 0) is 49.3 Å². The molecule has 0 spiro atoms. The second-order valence-electron chi connectivity index (χ2n) is 7.78. The Morgan fingerprint density at radius 3 is 2.73 bits per heavy atom. The van der Waals surface area contributed by atoms with E-state index in [0.29, 0.717) is 12.2 Å². The highest BCUT2D eigenvalue weighted by molar-refractivity contribution is 5.91. The lowest BCUT2D eigenvalue weighted by molar-refractivity contribution is 0.0948. The molecule has 0 unspecified atom stereocenters. The van der Waals surface area contributed by atoms with Crippen LogP contribution in [0.4, 0.5) is 5.69 Å². The fraction of sp³-hybridized carbons (Fsp3) is 0.375. The summed E-state index contributed by atoms with van der Waals surface area (Å²) in [7, 11) is 0. The molecule has 0 radical (unpaired) electrons. The monoisotopic (exact) mass is 403 g/mol. The maximum absolute atomic E-state index is 12.4. The third-order valence-electron chi connectivity index (χ3n) is 5.56. The smallest absolute Gasteiger partial charge is 0.273 e. The van der Waals surface area contributed by atoms with E-state index in [0.717, 1.165) is 45.3 Å². The predicted molar refractivity (Wildman–Crippen MR) is 119 cm³/mol. The number of benzene rings is 2. The maximum atomic E-state index is 12.4. The van der Waals surface area contributed by atoms with Crippen LogP contribution in [0.15, 0.2) is 60.8 Å². The minimum Gasteiger partial charge on any atom is -0.371 e. The zero-order chi connectivity index (χ0) is 20.6. The lowest BCUT2D eigenvalue weighted by atomic mass is 10.0. The summed E-state index contributed by atoms with van der Waals surface area (Å²) in [5.74, 6) is -0.150. The number of rotatable bonds is 9. The van der Waals surface area contributed by atoms with Gasteiger partial charge in [0.1, 0.15) is 0 Å². The summed E-state index contributed by atoms with van der Waals surface area (Å²) in [6.45, 7) is 3.42. The topological polar surface area (TPSA) is 63.1 Å². The third kappa shape index (κ3) is 5.26. The minimum absolute atomic E-state index is 0.150. The van der Waals surface area contributed by atoms with Crippen LogP contribution in [0.1, 0.15) is 40.9 Å². The van der Waals surface area contributed by atoms with Crippen molar-refractivity contribution < 1.29 is 4.79 Å². The van der Waals surface area contributed by atoms with E-state index in [1.54, 1.807) is 10.9 Å². The van der Waals surface area contributed by atoms with Crippen LogP contribution in [0.2, 0.25) is 0 Å². The van der Waals surface area contributed by atoms with Crippen molar-refractivity contribution in [2.45, 2.75) is 38.6 Å². The van der Waals surface area contributed by atoms with Crippen LogP contribution in [0.5, 0.6) is 0 Å². The van der Waals surface area contributed by atoms with E-state index in [1.165, 1.54) is 23.2 Å². The largest absolute Gasteiger partial charge is 0.371 e. The molecule has 1 aromatic heterocycles. The normalized spacial score (nSPS) is 13.1. The Bertz CT molecular complexity index is 953. The number of aryl methyl sites for hydroxylation is 3. The molecule has 1 N–H and O–H groups in total. The van der Waals surface area contributed by atoms with E-state index in [1.807, 2.05) is 6.07 Å². The van der Waals surface area contributed by atoms with Crippen molar-refractivity contribution in [3.63, 3.8) is 0 Å². The molecule has 1 amide bonds. The van der Waals surface area contributed by atoms with Crippen LogP contribution in [0.3, 0.4) is 0 Å². The number of hydrogen-bond acceptors (Lipinski definition) is 4. The molecule has 0 atom stereocenters. The first kappa shape index (κ1) is 20.1. The Labute approximate surface area is 177 Å². The predicted octanol–water partition coefficient (Wildman–Crippen LogP) is 3.48. The Balaban J connectivity index is 1.18. The van der Waals surface area contributed by atoms with Crippen molar-refractivity contribution in [1.29, 1.82) is 0 Å². The average Bonchev–Trinajstić information content (AvgIpc) is 3.26. The molecule has 0 fully saturated rings. The molecule has 0 bridgehead atoms. The van der Waals surface area contributed by atoms with Crippen molar-refractivity contribution in [3.05, 3.63) is 77.6 Å². The lowest BCUT2D eigenvalue weighted by Gasteiger charge is -2.31. The second-order valence-corrected chi connectivity index (χ2v) is 7.78. The van der Waals surface area contributed by atoms with Crippen molar-refractivity contribution in [2.75, 3.05) is 24.5 Å². The second kappa shape index (κ2) is 10.1. The van der Waals surface area contributed by atoms with Gasteiger partial charge in [0.2, 0.25) is 0 Å². The van der Waals surface area contributed by atoms with E-state index < -0.39 is 0 Å². The number of nitrogens with zero attached hydrogens (tertiary/aromatic N) is 4. The molecule has 1 aliphatic heterocycles. The molecule has 0 saturated heterocycles. The van der Waals surface area contributed by atoms with E-state index in [4.69, 9.17) is 0 Å². The Morgan fingerprint density at radius 2 is 1.83 bits per heavy atom. The molecular weight excluding hydrogens is 374 g/mol. The molecule has 4 rings (SSSR count). The van der Waals surface area contributed by atoms with Gasteiger partial charge in [0, 0.05) is 31.9 Å². The molecular formula is C24H29N5O. The number of para-hydroxylation sites is 1. The first-order chi connectivity index (χ1) is 14.8. The number of nitrogens with one attached hydrogen (secondary N) is 1. The fourth-order valence-electron chi connectivity index (χ4n) is 4.01. The number of hydrogen-bond donors (Lipinski definition) is 1. The van der Waals surface area contributed by atoms with E-state index in [-0.39, 0.29) is 5.91 Å². The highest BCUT2D eigenvalue weighted by Gasteiger charge is 2.16. The third-order valence-corrected chi connectivity index (χ3v) is 5.56. The minimum atomic E-state index is -0.150. The maximum Gasteiger partial charge on any atom is 0.273 e. The number of fused-ring (bicyclic) bond motifs is 1. The molecule has 3 aromatic rings. The molecule has 6 heteroatoms. The molecule has 156 valence electrons. The Kier molecular flexibility index (Phi) is 6.75. The Morgan fingerprint density at radius 1 is 1.00 bits per heavy atom.